The van der Waals surface area contributed by atoms with E-state index < -0.39 is 64.4 Å². The Kier molecular flexibility index (Phi) is 5.34. The summed E-state index contributed by atoms with van der Waals surface area (Å²) in [5.74, 6) is -10.4. The highest BCUT2D eigenvalue weighted by atomic mass is 16.4. The highest BCUT2D eigenvalue weighted by molar-refractivity contribution is 6.16. The first-order chi connectivity index (χ1) is 19.0. The average Bonchev–Trinajstić information content (AvgIpc) is 2.89. The van der Waals surface area contributed by atoms with Gasteiger partial charge in [-0.3, -0.25) is 9.59 Å². The van der Waals surface area contributed by atoms with Crippen LogP contribution in [0.25, 0.3) is 0 Å². The molecule has 0 bridgehead atoms. The summed E-state index contributed by atoms with van der Waals surface area (Å²) in [6.07, 6.45) is 2.29. The molecule has 0 radical (unpaired) electrons. The average molecular weight is 540 g/mol. The fourth-order valence-electron chi connectivity index (χ4n) is 6.43. The van der Waals surface area contributed by atoms with E-state index >= 15 is 0 Å². The van der Waals surface area contributed by atoms with Crippen LogP contribution in [0.15, 0.2) is 72.0 Å². The number of rotatable bonds is 3. The van der Waals surface area contributed by atoms with Crippen molar-refractivity contribution in [2.75, 3.05) is 0 Å². The maximum absolute atomic E-state index is 13.6. The molecule has 0 spiro atoms. The molecule has 0 aromatic heterocycles. The molecule has 3 aromatic rings. The highest BCUT2D eigenvalue weighted by Gasteiger charge is 2.51. The number of ketones is 2. The van der Waals surface area contributed by atoms with Crippen LogP contribution in [0, 0.1) is 11.8 Å². The Bertz CT molecular complexity index is 1760. The van der Waals surface area contributed by atoms with E-state index in [1.54, 1.807) is 12.1 Å². The summed E-state index contributed by atoms with van der Waals surface area (Å²) in [7, 11) is 0. The van der Waals surface area contributed by atoms with Gasteiger partial charge in [0.25, 0.3) is 0 Å². The molecule has 3 aromatic carbocycles. The summed E-state index contributed by atoms with van der Waals surface area (Å²) in [5, 5.41) is 62.7. The maximum Gasteiger partial charge on any atom is 0.335 e. The van der Waals surface area contributed by atoms with Crippen molar-refractivity contribution in [3.05, 3.63) is 111 Å². The summed E-state index contributed by atoms with van der Waals surface area (Å²) >= 11 is 0. The number of carboxylic acid groups (broad SMARTS) is 2. The Morgan fingerprint density at radius 1 is 0.675 bits per heavy atom. The number of benzene rings is 3. The molecule has 0 saturated carbocycles. The SMILES string of the molecule is O=C(O)C1=CC2C(C(=O)c3c(O)cccc3C2C2c3cccc(O)c3C(=O)c3c(O)cc(C(=O)O)cc32)C(O)=C1. The predicted octanol–water partition coefficient (Wildman–Crippen LogP) is 3.86. The van der Waals surface area contributed by atoms with Gasteiger partial charge in [-0.05, 0) is 47.0 Å². The smallest absolute Gasteiger partial charge is 0.335 e. The van der Waals surface area contributed by atoms with Gasteiger partial charge in [0.2, 0.25) is 5.78 Å². The van der Waals surface area contributed by atoms with Gasteiger partial charge in [0.05, 0.1) is 33.7 Å². The fourth-order valence-corrected chi connectivity index (χ4v) is 6.43. The Morgan fingerprint density at radius 2 is 1.30 bits per heavy atom. The van der Waals surface area contributed by atoms with E-state index in [2.05, 4.69) is 0 Å². The third-order valence-electron chi connectivity index (χ3n) is 7.96. The molecule has 4 atom stereocenters. The molecule has 10 nitrogen and oxygen atoms in total. The zero-order valence-corrected chi connectivity index (χ0v) is 20.4. The number of aromatic carboxylic acids is 1. The van der Waals surface area contributed by atoms with Crippen molar-refractivity contribution in [1.82, 2.24) is 0 Å². The van der Waals surface area contributed by atoms with Crippen LogP contribution in [0.5, 0.6) is 17.2 Å². The Balaban J connectivity index is 1.74. The number of phenolic OH excluding ortho intramolecular Hbond substituents is 3. The molecule has 0 aliphatic heterocycles. The minimum absolute atomic E-state index is 0.0761. The van der Waals surface area contributed by atoms with Crippen LogP contribution in [0.2, 0.25) is 0 Å². The molecular formula is C30H20O10. The lowest BCUT2D eigenvalue weighted by atomic mass is 9.57. The first-order valence-electron chi connectivity index (χ1n) is 12.2. The van der Waals surface area contributed by atoms with Crippen molar-refractivity contribution in [2.45, 2.75) is 11.8 Å². The Hall–Kier alpha value is -5.38. The standard InChI is InChI=1S/C30H20O10/c31-17-5-1-3-13-21(15-7-11(29(37)38)9-19(33)25(15)27(35)23(13)17)22-14-4-2-6-18(32)24(14)28(36)26-16(22)8-12(30(39)40)10-20(26)34/h1-10,15,21-22,25,31-34H,(H,37,38)(H,39,40). The van der Waals surface area contributed by atoms with Crippen molar-refractivity contribution in [1.29, 1.82) is 0 Å². The molecule has 200 valence electrons. The minimum atomic E-state index is -1.38. The Morgan fingerprint density at radius 3 is 1.95 bits per heavy atom. The molecule has 6 rings (SSSR count). The number of aliphatic carboxylic acids is 1. The zero-order valence-electron chi connectivity index (χ0n) is 20.4. The van der Waals surface area contributed by atoms with Crippen molar-refractivity contribution in [3.63, 3.8) is 0 Å². The van der Waals surface area contributed by atoms with E-state index in [1.165, 1.54) is 36.4 Å². The van der Waals surface area contributed by atoms with Gasteiger partial charge in [-0.15, -0.1) is 0 Å². The van der Waals surface area contributed by atoms with E-state index in [4.69, 9.17) is 0 Å². The van der Waals surface area contributed by atoms with Gasteiger partial charge < -0.3 is 30.6 Å². The number of fused-ring (bicyclic) bond motifs is 4. The number of allylic oxidation sites excluding steroid dienone is 2. The molecule has 40 heavy (non-hydrogen) atoms. The van der Waals surface area contributed by atoms with Crippen LogP contribution in [0.3, 0.4) is 0 Å². The van der Waals surface area contributed by atoms with Crippen molar-refractivity contribution in [2.24, 2.45) is 11.8 Å². The number of aliphatic hydroxyl groups excluding tert-OH is 1. The number of hydrogen-bond donors (Lipinski definition) is 6. The predicted molar refractivity (Wildman–Crippen MR) is 137 cm³/mol. The second kappa shape index (κ2) is 8.57. The van der Waals surface area contributed by atoms with Crippen LogP contribution >= 0.6 is 0 Å². The quantitative estimate of drug-likeness (QED) is 0.284. The normalized spacial score (nSPS) is 22.7. The molecule has 10 heteroatoms. The second-order valence-corrected chi connectivity index (χ2v) is 10.00. The third kappa shape index (κ3) is 3.35. The summed E-state index contributed by atoms with van der Waals surface area (Å²) in [4.78, 5) is 51.1. The van der Waals surface area contributed by atoms with Gasteiger partial charge in [-0.25, -0.2) is 9.59 Å². The first-order valence-corrected chi connectivity index (χ1v) is 12.2. The van der Waals surface area contributed by atoms with Crippen LogP contribution in [0.1, 0.15) is 65.2 Å². The summed E-state index contributed by atoms with van der Waals surface area (Å²) in [5.41, 5.74) is -0.542. The molecule has 6 N–H and O–H groups in total. The van der Waals surface area contributed by atoms with Crippen LogP contribution in [0.4, 0.5) is 0 Å². The van der Waals surface area contributed by atoms with Gasteiger partial charge in [0, 0.05) is 17.8 Å². The van der Waals surface area contributed by atoms with Crippen LogP contribution in [-0.2, 0) is 4.79 Å². The van der Waals surface area contributed by atoms with E-state index in [1.807, 2.05) is 0 Å². The molecule has 0 heterocycles. The second-order valence-electron chi connectivity index (χ2n) is 10.00. The van der Waals surface area contributed by atoms with E-state index in [-0.39, 0.29) is 50.3 Å². The number of aliphatic hydroxyl groups is 1. The van der Waals surface area contributed by atoms with E-state index in [0.29, 0.717) is 0 Å². The van der Waals surface area contributed by atoms with Crippen LogP contribution < -0.4 is 0 Å². The van der Waals surface area contributed by atoms with Crippen molar-refractivity contribution < 1.29 is 49.8 Å². The van der Waals surface area contributed by atoms with Gasteiger partial charge in [0.1, 0.15) is 23.0 Å². The lowest BCUT2D eigenvalue weighted by Gasteiger charge is -2.44. The van der Waals surface area contributed by atoms with Gasteiger partial charge in [-0.2, -0.15) is 0 Å². The van der Waals surface area contributed by atoms with Gasteiger partial charge >= 0.3 is 11.9 Å². The summed E-state index contributed by atoms with van der Waals surface area (Å²) in [6.45, 7) is 0. The summed E-state index contributed by atoms with van der Waals surface area (Å²) < 4.78 is 0. The number of carboxylic acids is 2. The zero-order chi connectivity index (χ0) is 28.6. The van der Waals surface area contributed by atoms with Crippen LogP contribution in [-0.4, -0.2) is 54.1 Å². The van der Waals surface area contributed by atoms with E-state index in [0.717, 1.165) is 12.1 Å². The third-order valence-corrected chi connectivity index (χ3v) is 7.96. The van der Waals surface area contributed by atoms with Gasteiger partial charge in [-0.1, -0.05) is 30.3 Å². The minimum Gasteiger partial charge on any atom is -0.511 e. The molecule has 0 fully saturated rings. The molecule has 4 unspecified atom stereocenters. The van der Waals surface area contributed by atoms with Crippen molar-refractivity contribution in [3.8, 4) is 17.2 Å². The lowest BCUT2D eigenvalue weighted by molar-refractivity contribution is -0.132. The summed E-state index contributed by atoms with van der Waals surface area (Å²) in [6, 6.07) is 10.8. The molecule has 0 saturated heterocycles. The van der Waals surface area contributed by atoms with Crippen molar-refractivity contribution >= 4 is 23.5 Å². The molecule has 3 aliphatic carbocycles. The molecular weight excluding hydrogens is 520 g/mol. The number of carbonyl (C=O) groups excluding carboxylic acids is 2. The number of phenols is 3. The lowest BCUT2D eigenvalue weighted by Crippen LogP contribution is -2.41. The largest absolute Gasteiger partial charge is 0.511 e. The topological polar surface area (TPSA) is 190 Å². The molecule has 0 amide bonds. The highest BCUT2D eigenvalue weighted by Crippen LogP contribution is 2.58. The van der Waals surface area contributed by atoms with E-state index in [9.17, 15) is 49.8 Å². The number of aromatic hydroxyl groups is 3. The monoisotopic (exact) mass is 540 g/mol. The van der Waals surface area contributed by atoms with Gasteiger partial charge in [0.15, 0.2) is 5.78 Å². The number of carbonyl (C=O) groups is 4. The first kappa shape index (κ1) is 24.9. The number of Topliss-reactive ketones (excluding diaryl/α,β-unsaturated/α-hetero) is 1. The Labute approximate surface area is 225 Å². The number of hydrogen-bond acceptors (Lipinski definition) is 8. The maximum atomic E-state index is 13.6. The fraction of sp³-hybridized carbons (Fsp3) is 0.133. The molecule has 3 aliphatic rings.